The van der Waals surface area contributed by atoms with Crippen LogP contribution in [0.3, 0.4) is 0 Å². The second kappa shape index (κ2) is 50.0. The van der Waals surface area contributed by atoms with E-state index in [0.717, 1.165) is 109 Å². The Balaban J connectivity index is 4.33. The van der Waals surface area contributed by atoms with Gasteiger partial charge in [-0.25, -0.2) is 0 Å². The number of ether oxygens (including phenoxy) is 3. The molecular weight excluding hydrogens is 757 g/mol. The van der Waals surface area contributed by atoms with Crippen molar-refractivity contribution in [3.05, 3.63) is 48.6 Å². The van der Waals surface area contributed by atoms with Gasteiger partial charge in [0.25, 0.3) is 0 Å². The average molecular weight is 855 g/mol. The van der Waals surface area contributed by atoms with Crippen LogP contribution in [0.1, 0.15) is 265 Å². The highest BCUT2D eigenvalue weighted by Crippen LogP contribution is 2.16. The predicted octanol–water partition coefficient (Wildman–Crippen LogP) is 17.1. The van der Waals surface area contributed by atoms with Crippen molar-refractivity contribution in [1.29, 1.82) is 0 Å². The number of hydrogen-bond acceptors (Lipinski definition) is 6. The molecule has 6 nitrogen and oxygen atoms in total. The van der Waals surface area contributed by atoms with Gasteiger partial charge in [0, 0.05) is 19.3 Å². The van der Waals surface area contributed by atoms with E-state index >= 15 is 0 Å². The summed E-state index contributed by atoms with van der Waals surface area (Å²) < 4.78 is 16.8. The molecule has 61 heavy (non-hydrogen) atoms. The highest BCUT2D eigenvalue weighted by atomic mass is 16.6. The van der Waals surface area contributed by atoms with Crippen LogP contribution in [-0.2, 0) is 28.6 Å². The Morgan fingerprint density at radius 3 is 1.07 bits per heavy atom. The summed E-state index contributed by atoms with van der Waals surface area (Å²) in [5.74, 6) is -0.899. The van der Waals surface area contributed by atoms with Crippen LogP contribution in [-0.4, -0.2) is 37.2 Å². The van der Waals surface area contributed by atoms with Crippen molar-refractivity contribution in [2.75, 3.05) is 13.2 Å². The molecule has 0 N–H and O–H groups in total. The molecule has 0 aliphatic heterocycles. The number of allylic oxidation sites excluding steroid dienone is 8. The number of rotatable bonds is 47. The monoisotopic (exact) mass is 855 g/mol. The van der Waals surface area contributed by atoms with Crippen LogP contribution in [0.5, 0.6) is 0 Å². The van der Waals surface area contributed by atoms with Gasteiger partial charge in [0.1, 0.15) is 13.2 Å². The van der Waals surface area contributed by atoms with E-state index in [4.69, 9.17) is 14.2 Å². The molecule has 0 radical (unpaired) electrons. The van der Waals surface area contributed by atoms with Gasteiger partial charge in [-0.05, 0) is 70.6 Å². The first-order chi connectivity index (χ1) is 30.0. The first-order valence-electron chi connectivity index (χ1n) is 26.1. The lowest BCUT2D eigenvalue weighted by Gasteiger charge is -2.18. The summed E-state index contributed by atoms with van der Waals surface area (Å²) in [6.45, 7) is 6.48. The van der Waals surface area contributed by atoms with Gasteiger partial charge in [0.15, 0.2) is 6.10 Å². The highest BCUT2D eigenvalue weighted by Gasteiger charge is 2.19. The van der Waals surface area contributed by atoms with Crippen molar-refractivity contribution in [2.45, 2.75) is 271 Å². The predicted molar refractivity (Wildman–Crippen MR) is 261 cm³/mol. The molecule has 0 aromatic rings. The van der Waals surface area contributed by atoms with Crippen LogP contribution in [0.25, 0.3) is 0 Å². The molecule has 1 unspecified atom stereocenters. The fourth-order valence-corrected chi connectivity index (χ4v) is 7.38. The smallest absolute Gasteiger partial charge is 0.306 e. The van der Waals surface area contributed by atoms with Gasteiger partial charge in [-0.2, -0.15) is 0 Å². The minimum absolute atomic E-state index is 0.0797. The number of esters is 3. The van der Waals surface area contributed by atoms with E-state index in [0.29, 0.717) is 19.3 Å². The Morgan fingerprint density at radius 1 is 0.344 bits per heavy atom. The van der Waals surface area contributed by atoms with Crippen molar-refractivity contribution in [1.82, 2.24) is 0 Å². The maximum atomic E-state index is 12.8. The molecule has 0 aliphatic rings. The van der Waals surface area contributed by atoms with Gasteiger partial charge in [-0.1, -0.05) is 223 Å². The maximum absolute atomic E-state index is 12.8. The Hall–Kier alpha value is -2.63. The van der Waals surface area contributed by atoms with E-state index < -0.39 is 6.10 Å². The molecule has 0 bridgehead atoms. The molecule has 0 fully saturated rings. The molecule has 0 saturated heterocycles. The van der Waals surface area contributed by atoms with Crippen molar-refractivity contribution in [3.63, 3.8) is 0 Å². The Kier molecular flexibility index (Phi) is 47.9. The normalized spacial score (nSPS) is 12.4. The molecule has 0 amide bonds. The van der Waals surface area contributed by atoms with Gasteiger partial charge >= 0.3 is 17.9 Å². The van der Waals surface area contributed by atoms with Gasteiger partial charge in [0.2, 0.25) is 0 Å². The minimum atomic E-state index is -0.781. The summed E-state index contributed by atoms with van der Waals surface area (Å²) in [6, 6.07) is 0. The third kappa shape index (κ3) is 48.3. The first kappa shape index (κ1) is 58.4. The number of carbonyl (C=O) groups is 3. The molecule has 0 aromatic heterocycles. The third-order valence-corrected chi connectivity index (χ3v) is 11.3. The van der Waals surface area contributed by atoms with Crippen LogP contribution < -0.4 is 0 Å². The van der Waals surface area contributed by atoms with Gasteiger partial charge < -0.3 is 14.2 Å². The van der Waals surface area contributed by atoms with Gasteiger partial charge in [-0.15, -0.1) is 0 Å². The summed E-state index contributed by atoms with van der Waals surface area (Å²) in [7, 11) is 0. The van der Waals surface area contributed by atoms with Gasteiger partial charge in [0.05, 0.1) is 0 Å². The molecule has 0 spiro atoms. The molecular formula is C55H98O6. The summed E-state index contributed by atoms with van der Waals surface area (Å²) in [5, 5.41) is 0. The topological polar surface area (TPSA) is 78.9 Å². The SMILES string of the molecule is CC/C=C\C/C=C\C/C=C\CCCCCCCCC(=O)OC(COC(=O)CCCCCC/C=C\CCCC)COC(=O)CCCCCCCCCCCCCCCCCCC. The average Bonchev–Trinajstić information content (AvgIpc) is 3.26. The summed E-state index contributed by atoms with van der Waals surface area (Å²) in [5.41, 5.74) is 0. The molecule has 0 saturated carbocycles. The molecule has 0 rings (SSSR count). The second-order valence-electron chi connectivity index (χ2n) is 17.4. The standard InChI is InChI=1S/C55H98O6/c1-4-7-10-13-16-19-22-24-26-28-30-31-33-36-39-42-45-48-54(57)60-51-52(50-59-53(56)47-44-41-38-35-21-18-15-12-9-6-3)61-55(58)49-46-43-40-37-34-32-29-27-25-23-20-17-14-11-8-5-2/h8,11,15,17-18,20,25,27,52H,4-7,9-10,12-14,16,19,21-24,26,28-51H2,1-3H3/b11-8-,18-15-,20-17-,27-25-. The van der Waals surface area contributed by atoms with E-state index in [2.05, 4.69) is 69.4 Å². The minimum Gasteiger partial charge on any atom is -0.462 e. The van der Waals surface area contributed by atoms with Gasteiger partial charge in [-0.3, -0.25) is 14.4 Å². The molecule has 0 heterocycles. The largest absolute Gasteiger partial charge is 0.462 e. The zero-order valence-electron chi connectivity index (χ0n) is 40.4. The van der Waals surface area contributed by atoms with Crippen molar-refractivity contribution in [3.8, 4) is 0 Å². The van der Waals surface area contributed by atoms with Crippen LogP contribution in [0.15, 0.2) is 48.6 Å². The summed E-state index contributed by atoms with van der Waals surface area (Å²) >= 11 is 0. The number of hydrogen-bond donors (Lipinski definition) is 0. The lowest BCUT2D eigenvalue weighted by molar-refractivity contribution is -0.167. The first-order valence-corrected chi connectivity index (χ1v) is 26.1. The van der Waals surface area contributed by atoms with Crippen molar-refractivity contribution < 1.29 is 28.6 Å². The lowest BCUT2D eigenvalue weighted by Crippen LogP contribution is -2.30. The molecule has 0 aliphatic carbocycles. The molecule has 6 heteroatoms. The van der Waals surface area contributed by atoms with Crippen LogP contribution in [0, 0.1) is 0 Å². The van der Waals surface area contributed by atoms with E-state index in [9.17, 15) is 14.4 Å². The number of carbonyl (C=O) groups excluding carboxylic acids is 3. The van der Waals surface area contributed by atoms with E-state index in [1.165, 1.54) is 116 Å². The summed E-state index contributed by atoms with van der Waals surface area (Å²) in [6.07, 6.45) is 59.6. The van der Waals surface area contributed by atoms with E-state index in [-0.39, 0.29) is 31.1 Å². The van der Waals surface area contributed by atoms with E-state index in [1.54, 1.807) is 0 Å². The second-order valence-corrected chi connectivity index (χ2v) is 17.4. The molecule has 354 valence electrons. The Morgan fingerprint density at radius 2 is 0.656 bits per heavy atom. The van der Waals surface area contributed by atoms with Crippen LogP contribution in [0.2, 0.25) is 0 Å². The zero-order valence-corrected chi connectivity index (χ0v) is 40.4. The van der Waals surface area contributed by atoms with E-state index in [1.807, 2.05) is 0 Å². The molecule has 1 atom stereocenters. The molecule has 0 aromatic carbocycles. The maximum Gasteiger partial charge on any atom is 0.306 e. The fourth-order valence-electron chi connectivity index (χ4n) is 7.38. The fraction of sp³-hybridized carbons (Fsp3) is 0.800. The van der Waals surface area contributed by atoms with Crippen LogP contribution in [0.4, 0.5) is 0 Å². The summed E-state index contributed by atoms with van der Waals surface area (Å²) in [4.78, 5) is 37.9. The third-order valence-electron chi connectivity index (χ3n) is 11.3. The lowest BCUT2D eigenvalue weighted by atomic mass is 10.0. The van der Waals surface area contributed by atoms with Crippen LogP contribution >= 0.6 is 0 Å². The quantitative estimate of drug-likeness (QED) is 0.0263. The zero-order chi connectivity index (χ0) is 44.4. The van der Waals surface area contributed by atoms with Crippen molar-refractivity contribution in [2.24, 2.45) is 0 Å². The Labute approximate surface area is 378 Å². The highest BCUT2D eigenvalue weighted by molar-refractivity contribution is 5.71. The Bertz CT molecular complexity index is 1070. The van der Waals surface area contributed by atoms with Crippen molar-refractivity contribution >= 4 is 17.9 Å². The number of unbranched alkanes of at least 4 members (excludes halogenated alkanes) is 28.